The van der Waals surface area contributed by atoms with E-state index in [-0.39, 0.29) is 0 Å². The Morgan fingerprint density at radius 1 is 0.933 bits per heavy atom. The van der Waals surface area contributed by atoms with Crippen molar-refractivity contribution in [1.29, 1.82) is 0 Å². The van der Waals surface area contributed by atoms with Crippen molar-refractivity contribution in [3.05, 3.63) is 35.9 Å². The van der Waals surface area contributed by atoms with Crippen molar-refractivity contribution >= 4 is 0 Å². The molecule has 1 aromatic carbocycles. The number of ether oxygens (including phenoxy) is 2. The monoisotopic (exact) mass is 210 g/mol. The van der Waals surface area contributed by atoms with Crippen LogP contribution in [0, 0.1) is 0 Å². The molecule has 0 heterocycles. The summed E-state index contributed by atoms with van der Waals surface area (Å²) in [5, 5.41) is 0. The maximum atomic E-state index is 5.24. The molecule has 86 valence electrons. The second kappa shape index (κ2) is 11.2. The van der Waals surface area contributed by atoms with Crippen molar-refractivity contribution in [2.75, 3.05) is 13.4 Å². The Labute approximate surface area is 93.2 Å². The first-order chi connectivity index (χ1) is 7.35. The van der Waals surface area contributed by atoms with Crippen LogP contribution in [-0.2, 0) is 16.1 Å². The Hall–Kier alpha value is -0.860. The van der Waals surface area contributed by atoms with Crippen LogP contribution < -0.4 is 0 Å². The average Bonchev–Trinajstić information content (AvgIpc) is 2.27. The van der Waals surface area contributed by atoms with Gasteiger partial charge in [0.05, 0.1) is 6.61 Å². The molecule has 0 unspecified atom stereocenters. The summed E-state index contributed by atoms with van der Waals surface area (Å²) in [6.07, 6.45) is 1.25. The Morgan fingerprint density at radius 2 is 1.53 bits per heavy atom. The topological polar surface area (TPSA) is 18.5 Å². The fourth-order valence-corrected chi connectivity index (χ4v) is 0.876. The summed E-state index contributed by atoms with van der Waals surface area (Å²) in [4.78, 5) is 0. The molecule has 0 saturated carbocycles. The van der Waals surface area contributed by atoms with Gasteiger partial charge in [0.1, 0.15) is 6.79 Å². The van der Waals surface area contributed by atoms with Crippen LogP contribution in [0.2, 0.25) is 0 Å². The second-order valence-electron chi connectivity index (χ2n) is 3.15. The lowest BCUT2D eigenvalue weighted by Gasteiger charge is -2.03. The van der Waals surface area contributed by atoms with Crippen LogP contribution in [0.1, 0.15) is 32.8 Å². The third-order valence-electron chi connectivity index (χ3n) is 1.48. The molecule has 0 aliphatic rings. The highest BCUT2D eigenvalue weighted by molar-refractivity contribution is 5.13. The van der Waals surface area contributed by atoms with Gasteiger partial charge < -0.3 is 9.47 Å². The largest absolute Gasteiger partial charge is 0.356 e. The molecule has 0 aliphatic heterocycles. The van der Waals surface area contributed by atoms with Crippen molar-refractivity contribution in [2.24, 2.45) is 0 Å². The zero-order chi connectivity index (χ0) is 11.4. The number of benzene rings is 1. The number of rotatable bonds is 5. The van der Waals surface area contributed by atoms with Crippen LogP contribution in [0.3, 0.4) is 0 Å². The maximum absolute atomic E-state index is 5.24. The van der Waals surface area contributed by atoms with Crippen molar-refractivity contribution in [3.8, 4) is 0 Å². The van der Waals surface area contributed by atoms with Crippen LogP contribution in [-0.4, -0.2) is 13.4 Å². The molecule has 0 aromatic heterocycles. The summed E-state index contributed by atoms with van der Waals surface area (Å²) in [7, 11) is 0. The summed E-state index contributed by atoms with van der Waals surface area (Å²) in [6.45, 7) is 7.91. The molecule has 0 amide bonds. The van der Waals surface area contributed by atoms with Gasteiger partial charge in [-0.25, -0.2) is 0 Å². The van der Waals surface area contributed by atoms with Gasteiger partial charge >= 0.3 is 0 Å². The quantitative estimate of drug-likeness (QED) is 0.546. The van der Waals surface area contributed by atoms with Gasteiger partial charge in [-0.15, -0.1) is 0 Å². The van der Waals surface area contributed by atoms with E-state index in [1.165, 1.54) is 12.0 Å². The molecule has 2 nitrogen and oxygen atoms in total. The molecule has 0 aliphatic carbocycles. The van der Waals surface area contributed by atoms with E-state index in [0.717, 1.165) is 0 Å². The summed E-state index contributed by atoms with van der Waals surface area (Å²) in [5.74, 6) is 0. The third kappa shape index (κ3) is 9.44. The molecular formula is C13H22O2. The zero-order valence-electron chi connectivity index (χ0n) is 10.0. The van der Waals surface area contributed by atoms with E-state index in [9.17, 15) is 0 Å². The van der Waals surface area contributed by atoms with Gasteiger partial charge in [0, 0.05) is 6.61 Å². The van der Waals surface area contributed by atoms with Crippen molar-refractivity contribution in [2.45, 2.75) is 33.8 Å². The predicted molar refractivity (Wildman–Crippen MR) is 63.7 cm³/mol. The van der Waals surface area contributed by atoms with Gasteiger partial charge in [-0.1, -0.05) is 50.6 Å². The van der Waals surface area contributed by atoms with Gasteiger partial charge in [0.2, 0.25) is 0 Å². The molecule has 0 spiro atoms. The Morgan fingerprint density at radius 3 is 2.07 bits per heavy atom. The first-order valence-corrected chi connectivity index (χ1v) is 5.54. The van der Waals surface area contributed by atoms with Crippen LogP contribution in [0.15, 0.2) is 30.3 Å². The normalized spacial score (nSPS) is 9.27. The van der Waals surface area contributed by atoms with Crippen LogP contribution >= 0.6 is 0 Å². The lowest BCUT2D eigenvalue weighted by molar-refractivity contribution is -0.0571. The van der Waals surface area contributed by atoms with E-state index in [0.29, 0.717) is 20.0 Å². The van der Waals surface area contributed by atoms with Gasteiger partial charge in [-0.2, -0.15) is 0 Å². The molecule has 0 atom stereocenters. The van der Waals surface area contributed by atoms with Gasteiger partial charge in [0.15, 0.2) is 0 Å². The molecule has 15 heavy (non-hydrogen) atoms. The highest BCUT2D eigenvalue weighted by Crippen LogP contribution is 1.99. The molecule has 1 aromatic rings. The molecule has 0 fully saturated rings. The van der Waals surface area contributed by atoms with Crippen LogP contribution in [0.4, 0.5) is 0 Å². The van der Waals surface area contributed by atoms with Crippen molar-refractivity contribution in [1.82, 2.24) is 0 Å². The fraction of sp³-hybridized carbons (Fsp3) is 0.538. The lowest BCUT2D eigenvalue weighted by Crippen LogP contribution is -1.99. The standard InChI is InChI=1S/C10H14O2.C3H8/c1-2-11-9-12-8-10-6-4-3-5-7-10;1-3-2/h3-7H,2,8-9H2,1H3;3H2,1-2H3. The molecule has 2 heteroatoms. The highest BCUT2D eigenvalue weighted by atomic mass is 16.7. The van der Waals surface area contributed by atoms with Crippen LogP contribution in [0.5, 0.6) is 0 Å². The average molecular weight is 210 g/mol. The van der Waals surface area contributed by atoms with E-state index in [1.807, 2.05) is 37.3 Å². The molecule has 0 saturated heterocycles. The summed E-state index contributed by atoms with van der Waals surface area (Å²) < 4.78 is 10.3. The van der Waals surface area contributed by atoms with E-state index >= 15 is 0 Å². The van der Waals surface area contributed by atoms with Gasteiger partial charge in [-0.3, -0.25) is 0 Å². The van der Waals surface area contributed by atoms with Crippen molar-refractivity contribution < 1.29 is 9.47 Å². The summed E-state index contributed by atoms with van der Waals surface area (Å²) in [6, 6.07) is 10.1. The Bertz CT molecular complexity index is 209. The summed E-state index contributed by atoms with van der Waals surface area (Å²) >= 11 is 0. The van der Waals surface area contributed by atoms with E-state index in [1.54, 1.807) is 0 Å². The first kappa shape index (κ1) is 14.1. The fourth-order valence-electron chi connectivity index (χ4n) is 0.876. The second-order valence-corrected chi connectivity index (χ2v) is 3.15. The van der Waals surface area contributed by atoms with E-state index in [4.69, 9.17) is 9.47 Å². The molecule has 1 rings (SSSR count). The maximum Gasteiger partial charge on any atom is 0.147 e. The Kier molecular flexibility index (Phi) is 10.6. The van der Waals surface area contributed by atoms with Gasteiger partial charge in [-0.05, 0) is 12.5 Å². The smallest absolute Gasteiger partial charge is 0.147 e. The molecular weight excluding hydrogens is 188 g/mol. The molecule has 0 bridgehead atoms. The van der Waals surface area contributed by atoms with Gasteiger partial charge in [0.25, 0.3) is 0 Å². The predicted octanol–water partition coefficient (Wildman–Crippen LogP) is 3.61. The van der Waals surface area contributed by atoms with E-state index < -0.39 is 0 Å². The minimum atomic E-state index is 0.380. The van der Waals surface area contributed by atoms with Crippen molar-refractivity contribution in [3.63, 3.8) is 0 Å². The molecule has 0 radical (unpaired) electrons. The minimum absolute atomic E-state index is 0.380. The lowest BCUT2D eigenvalue weighted by atomic mass is 10.2. The highest BCUT2D eigenvalue weighted by Gasteiger charge is 1.89. The third-order valence-corrected chi connectivity index (χ3v) is 1.48. The zero-order valence-corrected chi connectivity index (χ0v) is 10.0. The van der Waals surface area contributed by atoms with E-state index in [2.05, 4.69) is 13.8 Å². The SMILES string of the molecule is CCC.CCOCOCc1ccccc1. The summed E-state index contributed by atoms with van der Waals surface area (Å²) in [5.41, 5.74) is 1.18. The number of hydrogen-bond donors (Lipinski definition) is 0. The number of hydrogen-bond acceptors (Lipinski definition) is 2. The molecule has 0 N–H and O–H groups in total. The minimum Gasteiger partial charge on any atom is -0.356 e. The first-order valence-electron chi connectivity index (χ1n) is 5.54. The van der Waals surface area contributed by atoms with Crippen LogP contribution in [0.25, 0.3) is 0 Å². The Balaban J connectivity index is 0.000000583.